The number of alkyl halides is 3. The number of ether oxygens (including phenoxy) is 2. The molecule has 2 aliphatic rings. The molecule has 1 amide bonds. The molecule has 0 aromatic heterocycles. The van der Waals surface area contributed by atoms with Crippen LogP contribution in [0.4, 0.5) is 13.2 Å². The molecule has 1 N–H and O–H groups in total. The SMILES string of the molecule is O=C(CNC(C1CCOCC1)C(F)(F)F)N1CCOCC1. The van der Waals surface area contributed by atoms with Gasteiger partial charge in [-0.3, -0.25) is 10.1 Å². The zero-order valence-electron chi connectivity index (χ0n) is 11.8. The van der Waals surface area contributed by atoms with Crippen LogP contribution in [-0.4, -0.2) is 69.1 Å². The minimum Gasteiger partial charge on any atom is -0.381 e. The second kappa shape index (κ2) is 7.42. The summed E-state index contributed by atoms with van der Waals surface area (Å²) in [5.74, 6) is -0.837. The van der Waals surface area contributed by atoms with Crippen molar-refractivity contribution in [3.8, 4) is 0 Å². The minimum absolute atomic E-state index is 0.290. The second-order valence-corrected chi connectivity index (χ2v) is 5.34. The van der Waals surface area contributed by atoms with E-state index in [9.17, 15) is 18.0 Å². The first-order valence-corrected chi connectivity index (χ1v) is 7.22. The van der Waals surface area contributed by atoms with Gasteiger partial charge in [0.2, 0.25) is 5.91 Å². The van der Waals surface area contributed by atoms with Crippen molar-refractivity contribution in [2.24, 2.45) is 5.92 Å². The first-order valence-electron chi connectivity index (χ1n) is 7.22. The van der Waals surface area contributed by atoms with Gasteiger partial charge in [-0.1, -0.05) is 0 Å². The molecule has 2 heterocycles. The summed E-state index contributed by atoms with van der Waals surface area (Å²) in [6.45, 7) is 2.15. The molecule has 122 valence electrons. The van der Waals surface area contributed by atoms with Gasteiger partial charge in [0.05, 0.1) is 19.8 Å². The van der Waals surface area contributed by atoms with Crippen molar-refractivity contribution < 1.29 is 27.4 Å². The van der Waals surface area contributed by atoms with Crippen molar-refractivity contribution in [2.45, 2.75) is 25.1 Å². The fraction of sp³-hybridized carbons (Fsp3) is 0.923. The van der Waals surface area contributed by atoms with Crippen LogP contribution in [0, 0.1) is 5.92 Å². The number of amides is 1. The summed E-state index contributed by atoms with van der Waals surface area (Å²) in [7, 11) is 0. The standard InChI is InChI=1S/C13H21F3N2O3/c14-13(15,16)12(10-1-5-20-6-2-10)17-9-11(19)18-3-7-21-8-4-18/h10,12,17H,1-9H2. The summed E-state index contributed by atoms with van der Waals surface area (Å²) in [5, 5.41) is 2.41. The van der Waals surface area contributed by atoms with Crippen LogP contribution >= 0.6 is 0 Å². The molecule has 2 saturated heterocycles. The molecule has 5 nitrogen and oxygen atoms in total. The van der Waals surface area contributed by atoms with Crippen molar-refractivity contribution in [1.82, 2.24) is 10.2 Å². The molecule has 0 aromatic rings. The predicted octanol–water partition coefficient (Wildman–Crippen LogP) is 0.792. The number of nitrogens with zero attached hydrogens (tertiary/aromatic N) is 1. The number of carbonyl (C=O) groups excluding carboxylic acids is 1. The summed E-state index contributed by atoms with van der Waals surface area (Å²) in [5.41, 5.74) is 0. The maximum atomic E-state index is 13.1. The minimum atomic E-state index is -4.35. The first-order chi connectivity index (χ1) is 9.98. The smallest absolute Gasteiger partial charge is 0.381 e. The average Bonchev–Trinajstić information content (AvgIpc) is 2.48. The maximum absolute atomic E-state index is 13.1. The van der Waals surface area contributed by atoms with Crippen LogP contribution < -0.4 is 5.32 Å². The highest BCUT2D eigenvalue weighted by molar-refractivity contribution is 5.78. The fourth-order valence-electron chi connectivity index (χ4n) is 2.72. The van der Waals surface area contributed by atoms with Gasteiger partial charge in [0.1, 0.15) is 6.04 Å². The van der Waals surface area contributed by atoms with Crippen molar-refractivity contribution in [2.75, 3.05) is 46.1 Å². The lowest BCUT2D eigenvalue weighted by Crippen LogP contribution is -2.53. The molecule has 0 radical (unpaired) electrons. The lowest BCUT2D eigenvalue weighted by atomic mass is 9.91. The Bertz CT molecular complexity index is 340. The summed E-state index contributed by atoms with van der Waals surface area (Å²) in [6, 6.07) is -1.65. The van der Waals surface area contributed by atoms with Crippen molar-refractivity contribution in [3.05, 3.63) is 0 Å². The molecule has 2 aliphatic heterocycles. The normalized spacial score (nSPS) is 23.1. The summed E-state index contributed by atoms with van der Waals surface area (Å²) >= 11 is 0. The number of rotatable bonds is 4. The summed E-state index contributed by atoms with van der Waals surface area (Å²) in [4.78, 5) is 13.5. The third-order valence-electron chi connectivity index (χ3n) is 3.93. The lowest BCUT2D eigenvalue weighted by molar-refractivity contribution is -0.175. The number of morpholine rings is 1. The van der Waals surface area contributed by atoms with Gasteiger partial charge in [0.15, 0.2) is 0 Å². The van der Waals surface area contributed by atoms with Crippen LogP contribution in [0.25, 0.3) is 0 Å². The Labute approximate surface area is 121 Å². The van der Waals surface area contributed by atoms with Crippen molar-refractivity contribution in [3.63, 3.8) is 0 Å². The molecule has 2 fully saturated rings. The van der Waals surface area contributed by atoms with Gasteiger partial charge in [-0.25, -0.2) is 0 Å². The van der Waals surface area contributed by atoms with Gasteiger partial charge in [-0.05, 0) is 18.8 Å². The Morgan fingerprint density at radius 1 is 1.14 bits per heavy atom. The highest BCUT2D eigenvalue weighted by atomic mass is 19.4. The Hall–Kier alpha value is -0.860. The van der Waals surface area contributed by atoms with Gasteiger partial charge in [-0.15, -0.1) is 0 Å². The first kappa shape index (κ1) is 16.5. The molecule has 1 atom stereocenters. The number of nitrogens with one attached hydrogen (secondary N) is 1. The van der Waals surface area contributed by atoms with E-state index < -0.39 is 18.1 Å². The topological polar surface area (TPSA) is 50.8 Å². The van der Waals surface area contributed by atoms with Gasteiger partial charge in [0.25, 0.3) is 0 Å². The molecule has 1 unspecified atom stereocenters. The molecule has 0 spiro atoms. The Morgan fingerprint density at radius 3 is 2.29 bits per heavy atom. The second-order valence-electron chi connectivity index (χ2n) is 5.34. The molecular formula is C13H21F3N2O3. The molecule has 0 aliphatic carbocycles. The van der Waals surface area contributed by atoms with Crippen LogP contribution in [0.5, 0.6) is 0 Å². The molecule has 2 rings (SSSR count). The third kappa shape index (κ3) is 4.82. The Kier molecular flexibility index (Phi) is 5.83. The van der Waals surface area contributed by atoms with Gasteiger partial charge < -0.3 is 14.4 Å². The zero-order chi connectivity index (χ0) is 15.3. The van der Waals surface area contributed by atoms with E-state index in [-0.39, 0.29) is 12.5 Å². The number of carbonyl (C=O) groups is 1. The van der Waals surface area contributed by atoms with E-state index in [0.717, 1.165) is 0 Å². The molecule has 0 bridgehead atoms. The predicted molar refractivity (Wildman–Crippen MR) is 68.8 cm³/mol. The van der Waals surface area contributed by atoms with Crippen molar-refractivity contribution >= 4 is 5.91 Å². The lowest BCUT2D eigenvalue weighted by Gasteiger charge is -2.33. The zero-order valence-corrected chi connectivity index (χ0v) is 11.8. The number of hydrogen-bond donors (Lipinski definition) is 1. The van der Waals surface area contributed by atoms with Gasteiger partial charge >= 0.3 is 6.18 Å². The van der Waals surface area contributed by atoms with Crippen LogP contribution in [0.3, 0.4) is 0 Å². The van der Waals surface area contributed by atoms with E-state index in [2.05, 4.69) is 5.32 Å². The third-order valence-corrected chi connectivity index (χ3v) is 3.93. The monoisotopic (exact) mass is 310 g/mol. The number of halogens is 3. The fourth-order valence-corrected chi connectivity index (χ4v) is 2.72. The van der Waals surface area contributed by atoms with Crippen LogP contribution in [-0.2, 0) is 14.3 Å². The van der Waals surface area contributed by atoms with E-state index in [1.54, 1.807) is 0 Å². The largest absolute Gasteiger partial charge is 0.404 e. The van der Waals surface area contributed by atoms with E-state index in [4.69, 9.17) is 9.47 Å². The van der Waals surface area contributed by atoms with Crippen molar-refractivity contribution in [1.29, 1.82) is 0 Å². The van der Waals surface area contributed by atoms with E-state index in [1.165, 1.54) is 4.90 Å². The van der Waals surface area contributed by atoms with Gasteiger partial charge in [-0.2, -0.15) is 13.2 Å². The maximum Gasteiger partial charge on any atom is 0.404 e. The highest BCUT2D eigenvalue weighted by Gasteiger charge is 2.45. The molecule has 0 saturated carbocycles. The van der Waals surface area contributed by atoms with Gasteiger partial charge in [0, 0.05) is 26.3 Å². The summed E-state index contributed by atoms with van der Waals surface area (Å²) < 4.78 is 49.7. The highest BCUT2D eigenvalue weighted by Crippen LogP contribution is 2.31. The average molecular weight is 310 g/mol. The van der Waals surface area contributed by atoms with Crippen LogP contribution in [0.2, 0.25) is 0 Å². The van der Waals surface area contributed by atoms with Crippen LogP contribution in [0.15, 0.2) is 0 Å². The van der Waals surface area contributed by atoms with Crippen LogP contribution in [0.1, 0.15) is 12.8 Å². The molecule has 8 heteroatoms. The molecule has 21 heavy (non-hydrogen) atoms. The van der Waals surface area contributed by atoms with E-state index in [0.29, 0.717) is 52.4 Å². The Morgan fingerprint density at radius 2 is 1.71 bits per heavy atom. The summed E-state index contributed by atoms with van der Waals surface area (Å²) in [6.07, 6.45) is -3.63. The quantitative estimate of drug-likeness (QED) is 0.834. The molecular weight excluding hydrogens is 289 g/mol. The van der Waals surface area contributed by atoms with E-state index in [1.807, 2.05) is 0 Å². The molecule has 0 aromatic carbocycles. The van der Waals surface area contributed by atoms with E-state index >= 15 is 0 Å². The number of hydrogen-bond acceptors (Lipinski definition) is 4. The Balaban J connectivity index is 1.87.